The van der Waals surface area contributed by atoms with Crippen LogP contribution in [0, 0.1) is 5.82 Å². The first-order valence-electron chi connectivity index (χ1n) is 5.17. The van der Waals surface area contributed by atoms with Gasteiger partial charge in [0.1, 0.15) is 11.5 Å². The van der Waals surface area contributed by atoms with Crippen molar-refractivity contribution in [3.63, 3.8) is 0 Å². The number of nitrogens with zero attached hydrogens (tertiary/aromatic N) is 1. The van der Waals surface area contributed by atoms with Crippen molar-refractivity contribution in [2.24, 2.45) is 0 Å². The van der Waals surface area contributed by atoms with Crippen molar-refractivity contribution >= 4 is 22.4 Å². The smallest absolute Gasteiger partial charge is 0.293 e. The van der Waals surface area contributed by atoms with Gasteiger partial charge >= 0.3 is 0 Å². The number of hydrogen-bond donors (Lipinski definition) is 0. The maximum Gasteiger partial charge on any atom is 0.293 e. The molecule has 2 rings (SSSR count). The first-order valence-corrected chi connectivity index (χ1v) is 5.97. The fourth-order valence-corrected chi connectivity index (χ4v) is 2.02. The highest BCUT2D eigenvalue weighted by atomic mass is 79.9. The van der Waals surface area contributed by atoms with Crippen LogP contribution in [0.4, 0.5) is 4.39 Å². The Bertz CT molecular complexity index is 539. The second-order valence-corrected chi connectivity index (χ2v) is 4.29. The average Bonchev–Trinajstić information content (AvgIpc) is 2.73. The first-order chi connectivity index (χ1) is 8.72. The van der Waals surface area contributed by atoms with Crippen molar-refractivity contribution < 1.29 is 18.4 Å². The van der Waals surface area contributed by atoms with E-state index in [1.807, 2.05) is 0 Å². The summed E-state index contributed by atoms with van der Waals surface area (Å²) in [6.45, 7) is 0.617. The number of ether oxygens (including phenoxy) is 1. The molecule has 0 aliphatic heterocycles. The SMILES string of the molecule is O=COCCc1noc(-c2ccc(F)cc2)c1Br. The van der Waals surface area contributed by atoms with E-state index in [-0.39, 0.29) is 12.4 Å². The molecule has 0 aliphatic carbocycles. The maximum absolute atomic E-state index is 12.8. The molecule has 0 spiro atoms. The minimum atomic E-state index is -0.311. The Labute approximate surface area is 111 Å². The molecule has 0 saturated carbocycles. The van der Waals surface area contributed by atoms with Gasteiger partial charge in [-0.15, -0.1) is 0 Å². The predicted octanol–water partition coefficient (Wildman–Crippen LogP) is 2.96. The monoisotopic (exact) mass is 313 g/mol. The first kappa shape index (κ1) is 12.8. The fraction of sp³-hybridized carbons (Fsp3) is 0.167. The third-order valence-corrected chi connectivity index (χ3v) is 3.15. The van der Waals surface area contributed by atoms with Crippen LogP contribution in [0.15, 0.2) is 33.3 Å². The van der Waals surface area contributed by atoms with Crippen LogP contribution in [-0.2, 0) is 16.0 Å². The highest BCUT2D eigenvalue weighted by molar-refractivity contribution is 9.10. The lowest BCUT2D eigenvalue weighted by molar-refractivity contribution is -0.128. The molecule has 0 fully saturated rings. The molecule has 0 bridgehead atoms. The summed E-state index contributed by atoms with van der Waals surface area (Å²) in [6.07, 6.45) is 0.448. The summed E-state index contributed by atoms with van der Waals surface area (Å²) in [5.74, 6) is 0.213. The molecule has 0 unspecified atom stereocenters. The number of aromatic nitrogens is 1. The molecule has 2 aromatic rings. The van der Waals surface area contributed by atoms with Crippen LogP contribution < -0.4 is 0 Å². The Morgan fingerprint density at radius 3 is 2.78 bits per heavy atom. The summed E-state index contributed by atoms with van der Waals surface area (Å²) in [6, 6.07) is 5.90. The molecule has 0 atom stereocenters. The van der Waals surface area contributed by atoms with Crippen LogP contribution in [0.25, 0.3) is 11.3 Å². The number of halogens is 2. The summed E-state index contributed by atoms with van der Waals surface area (Å²) in [5, 5.41) is 3.87. The van der Waals surface area contributed by atoms with Crippen molar-refractivity contribution in [3.8, 4) is 11.3 Å². The molecule has 0 aliphatic rings. The van der Waals surface area contributed by atoms with Gasteiger partial charge in [0, 0.05) is 12.0 Å². The lowest BCUT2D eigenvalue weighted by atomic mass is 10.1. The van der Waals surface area contributed by atoms with Crippen molar-refractivity contribution in [2.45, 2.75) is 6.42 Å². The molecule has 0 saturated heterocycles. The van der Waals surface area contributed by atoms with Crippen LogP contribution >= 0.6 is 15.9 Å². The second kappa shape index (κ2) is 5.77. The Hall–Kier alpha value is -1.69. The van der Waals surface area contributed by atoms with Crippen molar-refractivity contribution in [3.05, 3.63) is 40.2 Å². The topological polar surface area (TPSA) is 52.3 Å². The summed E-state index contributed by atoms with van der Waals surface area (Å²) in [4.78, 5) is 10.0. The minimum absolute atomic E-state index is 0.234. The number of hydrogen-bond acceptors (Lipinski definition) is 4. The zero-order chi connectivity index (χ0) is 13.0. The van der Waals surface area contributed by atoms with Crippen LogP contribution in [0.1, 0.15) is 5.69 Å². The second-order valence-electron chi connectivity index (χ2n) is 3.50. The predicted molar refractivity (Wildman–Crippen MR) is 65.3 cm³/mol. The van der Waals surface area contributed by atoms with E-state index in [2.05, 4.69) is 25.8 Å². The molecule has 0 amide bonds. The molecule has 1 heterocycles. The largest absolute Gasteiger partial charge is 0.467 e. The number of benzene rings is 1. The Morgan fingerprint density at radius 2 is 2.11 bits per heavy atom. The molecule has 6 heteroatoms. The van der Waals surface area contributed by atoms with Crippen molar-refractivity contribution in [2.75, 3.05) is 6.61 Å². The minimum Gasteiger partial charge on any atom is -0.467 e. The molecule has 0 N–H and O–H groups in total. The quantitative estimate of drug-likeness (QED) is 0.629. The summed E-state index contributed by atoms with van der Waals surface area (Å²) in [7, 11) is 0. The van der Waals surface area contributed by atoms with Crippen LogP contribution in [0.5, 0.6) is 0 Å². The van der Waals surface area contributed by atoms with Crippen LogP contribution in [-0.4, -0.2) is 18.2 Å². The van der Waals surface area contributed by atoms with Gasteiger partial charge in [-0.2, -0.15) is 0 Å². The van der Waals surface area contributed by atoms with E-state index in [4.69, 9.17) is 4.52 Å². The summed E-state index contributed by atoms with van der Waals surface area (Å²) >= 11 is 3.36. The molecule has 1 aromatic heterocycles. The van der Waals surface area contributed by atoms with E-state index in [0.29, 0.717) is 28.8 Å². The van der Waals surface area contributed by atoms with E-state index >= 15 is 0 Å². The van der Waals surface area contributed by atoms with E-state index < -0.39 is 0 Å². The van der Waals surface area contributed by atoms with E-state index in [0.717, 1.165) is 5.56 Å². The summed E-state index contributed by atoms with van der Waals surface area (Å²) < 4.78 is 23.3. The Morgan fingerprint density at radius 1 is 1.39 bits per heavy atom. The molecular weight excluding hydrogens is 305 g/mol. The van der Waals surface area contributed by atoms with Crippen molar-refractivity contribution in [1.29, 1.82) is 0 Å². The molecule has 94 valence electrons. The van der Waals surface area contributed by atoms with Gasteiger partial charge in [0.25, 0.3) is 6.47 Å². The maximum atomic E-state index is 12.8. The van der Waals surface area contributed by atoms with Gasteiger partial charge in [-0.1, -0.05) is 5.16 Å². The highest BCUT2D eigenvalue weighted by Gasteiger charge is 2.15. The lowest BCUT2D eigenvalue weighted by Crippen LogP contribution is -1.97. The summed E-state index contributed by atoms with van der Waals surface area (Å²) in [5.41, 5.74) is 1.37. The third kappa shape index (κ3) is 2.76. The van der Waals surface area contributed by atoms with E-state index in [9.17, 15) is 9.18 Å². The van der Waals surface area contributed by atoms with Gasteiger partial charge in [0.15, 0.2) is 5.76 Å². The molecule has 18 heavy (non-hydrogen) atoms. The van der Waals surface area contributed by atoms with Gasteiger partial charge in [-0.25, -0.2) is 4.39 Å². The highest BCUT2D eigenvalue weighted by Crippen LogP contribution is 2.31. The molecule has 4 nitrogen and oxygen atoms in total. The molecular formula is C12H9BrFNO3. The zero-order valence-electron chi connectivity index (χ0n) is 9.23. The number of carbonyl (C=O) groups is 1. The zero-order valence-corrected chi connectivity index (χ0v) is 10.8. The molecule has 1 aromatic carbocycles. The van der Waals surface area contributed by atoms with Gasteiger partial charge in [-0.3, -0.25) is 4.79 Å². The van der Waals surface area contributed by atoms with Gasteiger partial charge in [0.2, 0.25) is 0 Å². The Balaban J connectivity index is 2.19. The fourth-order valence-electron chi connectivity index (χ4n) is 1.45. The number of carbonyl (C=O) groups excluding carboxylic acids is 1. The molecule has 0 radical (unpaired) electrons. The average molecular weight is 314 g/mol. The Kier molecular flexibility index (Phi) is 4.09. The van der Waals surface area contributed by atoms with E-state index in [1.54, 1.807) is 12.1 Å². The van der Waals surface area contributed by atoms with Gasteiger partial charge in [0.05, 0.1) is 11.1 Å². The van der Waals surface area contributed by atoms with Gasteiger partial charge < -0.3 is 9.26 Å². The van der Waals surface area contributed by atoms with Crippen LogP contribution in [0.3, 0.4) is 0 Å². The van der Waals surface area contributed by atoms with Crippen LogP contribution in [0.2, 0.25) is 0 Å². The van der Waals surface area contributed by atoms with Gasteiger partial charge in [-0.05, 0) is 40.2 Å². The third-order valence-electron chi connectivity index (χ3n) is 2.33. The lowest BCUT2D eigenvalue weighted by Gasteiger charge is -1.97. The van der Waals surface area contributed by atoms with E-state index in [1.165, 1.54) is 12.1 Å². The normalized spacial score (nSPS) is 10.3. The standard InChI is InChI=1S/C12H9BrFNO3/c13-11-10(5-6-17-7-16)15-18-12(11)8-1-3-9(14)4-2-8/h1-4,7H,5-6H2. The number of rotatable bonds is 5. The van der Waals surface area contributed by atoms with Crippen molar-refractivity contribution in [1.82, 2.24) is 5.16 Å².